The summed E-state index contributed by atoms with van der Waals surface area (Å²) in [6.07, 6.45) is 0. The molecular formula is C14H6Cl5N3O3S. The summed E-state index contributed by atoms with van der Waals surface area (Å²) in [5.41, 5.74) is 0.237. The predicted molar refractivity (Wildman–Crippen MR) is 102 cm³/mol. The third kappa shape index (κ3) is 3.28. The molecule has 2 aromatic rings. The van der Waals surface area contributed by atoms with Crippen molar-refractivity contribution in [3.63, 3.8) is 0 Å². The summed E-state index contributed by atoms with van der Waals surface area (Å²) >= 11 is 30.7. The molecule has 0 radical (unpaired) electrons. The Balaban J connectivity index is 1.85. The standard InChI is InChI=1S/C14H6Cl5N3O3S/c15-1-4-3-26-14(20-4)21-5(23)2-22-12(24)6-7(13(22)25)9(17)11(19)10(18)8(6)16/h3H,1-2H2,(H,20,21,23). The molecule has 1 aromatic carbocycles. The molecule has 0 saturated carbocycles. The van der Waals surface area contributed by atoms with E-state index in [-0.39, 0.29) is 37.1 Å². The Hall–Kier alpha value is -1.09. The van der Waals surface area contributed by atoms with Crippen molar-refractivity contribution in [2.75, 3.05) is 11.9 Å². The first-order chi connectivity index (χ1) is 12.3. The van der Waals surface area contributed by atoms with Gasteiger partial charge in [0.05, 0.1) is 42.8 Å². The third-order valence-electron chi connectivity index (χ3n) is 3.42. The quantitative estimate of drug-likeness (QED) is 0.301. The molecule has 136 valence electrons. The number of hydrogen-bond acceptors (Lipinski definition) is 5. The van der Waals surface area contributed by atoms with E-state index >= 15 is 0 Å². The Morgan fingerprint density at radius 3 is 2.04 bits per heavy atom. The van der Waals surface area contributed by atoms with Crippen LogP contribution in [0.2, 0.25) is 20.1 Å². The number of thiazole rings is 1. The number of anilines is 1. The summed E-state index contributed by atoms with van der Waals surface area (Å²) in [6.45, 7) is -0.552. The highest BCUT2D eigenvalue weighted by molar-refractivity contribution is 7.14. The van der Waals surface area contributed by atoms with Gasteiger partial charge in [-0.15, -0.1) is 22.9 Å². The minimum atomic E-state index is -0.786. The maximum absolute atomic E-state index is 12.5. The van der Waals surface area contributed by atoms with Crippen molar-refractivity contribution in [3.8, 4) is 0 Å². The normalized spacial score (nSPS) is 13.3. The molecule has 12 heteroatoms. The number of fused-ring (bicyclic) bond motifs is 1. The zero-order chi connectivity index (χ0) is 19.2. The summed E-state index contributed by atoms with van der Waals surface area (Å²) in [5.74, 6) is -2.00. The average molecular weight is 474 g/mol. The number of amides is 3. The Morgan fingerprint density at radius 1 is 1.04 bits per heavy atom. The molecule has 0 unspecified atom stereocenters. The van der Waals surface area contributed by atoms with E-state index in [4.69, 9.17) is 58.0 Å². The monoisotopic (exact) mass is 471 g/mol. The third-order valence-corrected chi connectivity index (χ3v) is 6.30. The molecule has 1 aliphatic rings. The van der Waals surface area contributed by atoms with Crippen LogP contribution in [-0.2, 0) is 10.7 Å². The van der Waals surface area contributed by atoms with Gasteiger partial charge < -0.3 is 5.32 Å². The number of hydrogen-bond donors (Lipinski definition) is 1. The van der Waals surface area contributed by atoms with Crippen LogP contribution in [0, 0.1) is 0 Å². The van der Waals surface area contributed by atoms with Crippen molar-refractivity contribution in [1.29, 1.82) is 0 Å². The number of benzene rings is 1. The Labute approximate surface area is 175 Å². The number of carbonyl (C=O) groups is 3. The van der Waals surface area contributed by atoms with E-state index < -0.39 is 24.3 Å². The van der Waals surface area contributed by atoms with E-state index in [1.54, 1.807) is 5.38 Å². The van der Waals surface area contributed by atoms with E-state index in [2.05, 4.69) is 10.3 Å². The second kappa shape index (κ2) is 7.50. The molecule has 3 rings (SSSR count). The van der Waals surface area contributed by atoms with Crippen LogP contribution in [0.25, 0.3) is 0 Å². The van der Waals surface area contributed by atoms with Crippen molar-refractivity contribution in [1.82, 2.24) is 9.88 Å². The first kappa shape index (κ1) is 19.7. The lowest BCUT2D eigenvalue weighted by Crippen LogP contribution is -2.37. The summed E-state index contributed by atoms with van der Waals surface area (Å²) < 4.78 is 0. The van der Waals surface area contributed by atoms with Gasteiger partial charge in [0, 0.05) is 5.38 Å². The number of nitrogens with one attached hydrogen (secondary N) is 1. The van der Waals surface area contributed by atoms with Crippen LogP contribution in [0.5, 0.6) is 0 Å². The molecule has 0 saturated heterocycles. The second-order valence-corrected chi connectivity index (χ2v) is 7.67. The SMILES string of the molecule is O=C(CN1C(=O)c2c(Cl)c(Cl)c(Cl)c(Cl)c2C1=O)Nc1nc(CCl)cs1. The van der Waals surface area contributed by atoms with Crippen molar-refractivity contribution in [3.05, 3.63) is 42.3 Å². The molecule has 3 amide bonds. The van der Waals surface area contributed by atoms with Crippen LogP contribution in [0.3, 0.4) is 0 Å². The maximum atomic E-state index is 12.5. The van der Waals surface area contributed by atoms with Crippen LogP contribution in [-0.4, -0.2) is 34.2 Å². The summed E-state index contributed by atoms with van der Waals surface area (Å²) in [6, 6.07) is 0. The molecule has 0 atom stereocenters. The minimum absolute atomic E-state index is 0.138. The highest BCUT2D eigenvalue weighted by Crippen LogP contribution is 2.44. The molecule has 2 heterocycles. The highest BCUT2D eigenvalue weighted by atomic mass is 35.5. The van der Waals surface area contributed by atoms with Crippen LogP contribution in [0.4, 0.5) is 5.13 Å². The van der Waals surface area contributed by atoms with Gasteiger partial charge in [0.1, 0.15) is 6.54 Å². The molecule has 1 aliphatic heterocycles. The topological polar surface area (TPSA) is 79.4 Å². The van der Waals surface area contributed by atoms with E-state index in [0.29, 0.717) is 15.7 Å². The minimum Gasteiger partial charge on any atom is -0.300 e. The number of rotatable bonds is 4. The van der Waals surface area contributed by atoms with E-state index in [1.807, 2.05) is 0 Å². The van der Waals surface area contributed by atoms with Crippen molar-refractivity contribution >= 4 is 92.2 Å². The molecule has 0 bridgehead atoms. The molecule has 6 nitrogen and oxygen atoms in total. The van der Waals surface area contributed by atoms with Gasteiger partial charge in [0.25, 0.3) is 11.8 Å². The fourth-order valence-electron chi connectivity index (χ4n) is 2.27. The summed E-state index contributed by atoms with van der Waals surface area (Å²) in [7, 11) is 0. The Morgan fingerprint density at radius 2 is 1.58 bits per heavy atom. The van der Waals surface area contributed by atoms with Crippen molar-refractivity contribution in [2.45, 2.75) is 5.88 Å². The van der Waals surface area contributed by atoms with Gasteiger partial charge in [-0.1, -0.05) is 46.4 Å². The van der Waals surface area contributed by atoms with Gasteiger partial charge in [-0.2, -0.15) is 0 Å². The number of halogens is 5. The summed E-state index contributed by atoms with van der Waals surface area (Å²) in [4.78, 5) is 42.0. The van der Waals surface area contributed by atoms with Gasteiger partial charge in [0.2, 0.25) is 5.91 Å². The molecule has 0 spiro atoms. The van der Waals surface area contributed by atoms with Gasteiger partial charge in [-0.05, 0) is 0 Å². The fraction of sp³-hybridized carbons (Fsp3) is 0.143. The molecular weight excluding hydrogens is 468 g/mol. The number of alkyl halides is 1. The predicted octanol–water partition coefficient (Wildman–Crippen LogP) is 4.73. The van der Waals surface area contributed by atoms with Crippen LogP contribution in [0.1, 0.15) is 26.4 Å². The lowest BCUT2D eigenvalue weighted by Gasteiger charge is -2.12. The van der Waals surface area contributed by atoms with Crippen molar-refractivity contribution < 1.29 is 14.4 Å². The lowest BCUT2D eigenvalue weighted by molar-refractivity contribution is -0.116. The first-order valence-electron chi connectivity index (χ1n) is 6.78. The van der Waals surface area contributed by atoms with E-state index in [9.17, 15) is 14.4 Å². The zero-order valence-electron chi connectivity index (χ0n) is 12.4. The Kier molecular flexibility index (Phi) is 5.67. The molecule has 0 fully saturated rings. The van der Waals surface area contributed by atoms with E-state index in [0.717, 1.165) is 0 Å². The zero-order valence-corrected chi connectivity index (χ0v) is 17.0. The number of carbonyl (C=O) groups excluding carboxylic acids is 3. The van der Waals surface area contributed by atoms with E-state index in [1.165, 1.54) is 11.3 Å². The Bertz CT molecular complexity index is 915. The van der Waals surface area contributed by atoms with Crippen LogP contribution >= 0.6 is 69.3 Å². The van der Waals surface area contributed by atoms with Gasteiger partial charge in [-0.25, -0.2) is 4.98 Å². The molecule has 26 heavy (non-hydrogen) atoms. The van der Waals surface area contributed by atoms with Crippen molar-refractivity contribution in [2.24, 2.45) is 0 Å². The number of imide groups is 1. The smallest absolute Gasteiger partial charge is 0.263 e. The lowest BCUT2D eigenvalue weighted by atomic mass is 10.1. The summed E-state index contributed by atoms with van der Waals surface area (Å²) in [5, 5.41) is 3.80. The maximum Gasteiger partial charge on any atom is 0.263 e. The highest BCUT2D eigenvalue weighted by Gasteiger charge is 2.42. The number of nitrogens with zero attached hydrogens (tertiary/aromatic N) is 2. The molecule has 1 aromatic heterocycles. The average Bonchev–Trinajstić information content (AvgIpc) is 3.15. The van der Waals surface area contributed by atoms with Gasteiger partial charge in [0.15, 0.2) is 5.13 Å². The number of aromatic nitrogens is 1. The largest absolute Gasteiger partial charge is 0.300 e. The van der Waals surface area contributed by atoms with Gasteiger partial charge in [-0.3, -0.25) is 19.3 Å². The van der Waals surface area contributed by atoms with Crippen LogP contribution in [0.15, 0.2) is 5.38 Å². The first-order valence-corrected chi connectivity index (χ1v) is 9.71. The second-order valence-electron chi connectivity index (χ2n) is 5.03. The van der Waals surface area contributed by atoms with Gasteiger partial charge >= 0.3 is 0 Å². The van der Waals surface area contributed by atoms with Crippen LogP contribution < -0.4 is 5.32 Å². The fourth-order valence-corrected chi connectivity index (χ4v) is 4.24. The molecule has 1 N–H and O–H groups in total. The molecule has 0 aliphatic carbocycles.